The fourth-order valence-electron chi connectivity index (χ4n) is 2.34. The Balaban J connectivity index is 1.97. The minimum absolute atomic E-state index is 0.0934. The third-order valence-electron chi connectivity index (χ3n) is 3.63. The van der Waals surface area contributed by atoms with Gasteiger partial charge in [0.1, 0.15) is 0 Å². The molecule has 0 unspecified atom stereocenters. The van der Waals surface area contributed by atoms with E-state index in [4.69, 9.17) is 0 Å². The zero-order valence-corrected chi connectivity index (χ0v) is 12.3. The number of aliphatic hydroxyl groups is 1. The Bertz CT molecular complexity index is 467. The predicted octanol–water partition coefficient (Wildman–Crippen LogP) is 2.29. The van der Waals surface area contributed by atoms with Gasteiger partial charge >= 0.3 is 0 Å². The highest BCUT2D eigenvalue weighted by Crippen LogP contribution is 2.26. The zero-order chi connectivity index (χ0) is 13.9. The van der Waals surface area contributed by atoms with E-state index in [2.05, 4.69) is 5.32 Å². The number of carbonyl (C=O) groups excluding carboxylic acids is 1. The Morgan fingerprint density at radius 1 is 1.37 bits per heavy atom. The molecule has 1 fully saturated rings. The van der Waals surface area contributed by atoms with Crippen molar-refractivity contribution in [2.75, 3.05) is 18.1 Å². The molecule has 1 aromatic rings. The van der Waals surface area contributed by atoms with Crippen LogP contribution in [0.3, 0.4) is 0 Å². The Labute approximate surface area is 118 Å². The molecule has 1 aliphatic heterocycles. The predicted molar refractivity (Wildman–Crippen MR) is 79.8 cm³/mol. The van der Waals surface area contributed by atoms with Crippen LogP contribution in [0.15, 0.2) is 18.2 Å². The van der Waals surface area contributed by atoms with E-state index in [1.807, 2.05) is 43.8 Å². The molecular weight excluding hydrogens is 258 g/mol. The van der Waals surface area contributed by atoms with Gasteiger partial charge in [0, 0.05) is 12.1 Å². The number of benzene rings is 1. The molecule has 4 heteroatoms. The lowest BCUT2D eigenvalue weighted by atomic mass is 9.96. The van der Waals surface area contributed by atoms with Crippen molar-refractivity contribution in [3.8, 4) is 0 Å². The largest absolute Gasteiger partial charge is 0.388 e. The summed E-state index contributed by atoms with van der Waals surface area (Å²) in [7, 11) is 0. The quantitative estimate of drug-likeness (QED) is 0.892. The standard InChI is InChI=1S/C15H21NO2S/c1-11-3-4-13(12(2)9-11)14(17)16-10-15(18)5-7-19-8-6-15/h3-4,9,18H,5-8,10H2,1-2H3,(H,16,17). The van der Waals surface area contributed by atoms with E-state index in [-0.39, 0.29) is 5.91 Å². The Morgan fingerprint density at radius 3 is 2.68 bits per heavy atom. The van der Waals surface area contributed by atoms with E-state index in [9.17, 15) is 9.90 Å². The summed E-state index contributed by atoms with van der Waals surface area (Å²) in [6.45, 7) is 4.30. The molecule has 0 spiro atoms. The van der Waals surface area contributed by atoms with Crippen molar-refractivity contribution in [2.24, 2.45) is 0 Å². The Kier molecular flexibility index (Phi) is 4.53. The van der Waals surface area contributed by atoms with Gasteiger partial charge in [0.15, 0.2) is 0 Å². The van der Waals surface area contributed by atoms with E-state index in [0.717, 1.165) is 35.5 Å². The fourth-order valence-corrected chi connectivity index (χ4v) is 3.59. The second-order valence-electron chi connectivity index (χ2n) is 5.34. The zero-order valence-electron chi connectivity index (χ0n) is 11.5. The van der Waals surface area contributed by atoms with Gasteiger partial charge in [0.2, 0.25) is 0 Å². The van der Waals surface area contributed by atoms with E-state index in [1.54, 1.807) is 0 Å². The molecule has 0 bridgehead atoms. The smallest absolute Gasteiger partial charge is 0.251 e. The van der Waals surface area contributed by atoms with Gasteiger partial charge in [-0.3, -0.25) is 4.79 Å². The molecule has 1 saturated heterocycles. The van der Waals surface area contributed by atoms with Gasteiger partial charge in [-0.2, -0.15) is 11.8 Å². The molecule has 0 aliphatic carbocycles. The summed E-state index contributed by atoms with van der Waals surface area (Å²) in [5.74, 6) is 1.84. The molecule has 0 atom stereocenters. The van der Waals surface area contributed by atoms with Crippen LogP contribution in [-0.4, -0.2) is 34.7 Å². The third-order valence-corrected chi connectivity index (χ3v) is 4.61. The highest BCUT2D eigenvalue weighted by atomic mass is 32.2. The maximum absolute atomic E-state index is 12.1. The highest BCUT2D eigenvalue weighted by Gasteiger charge is 2.29. The Hall–Kier alpha value is -1.00. The highest BCUT2D eigenvalue weighted by molar-refractivity contribution is 7.99. The molecule has 2 rings (SSSR count). The molecule has 1 heterocycles. The lowest BCUT2D eigenvalue weighted by Crippen LogP contribution is -2.45. The van der Waals surface area contributed by atoms with E-state index < -0.39 is 5.60 Å². The van der Waals surface area contributed by atoms with E-state index in [0.29, 0.717) is 12.1 Å². The van der Waals surface area contributed by atoms with Gasteiger partial charge in [-0.05, 0) is 49.8 Å². The number of aryl methyl sites for hydroxylation is 2. The maximum atomic E-state index is 12.1. The molecule has 3 nitrogen and oxygen atoms in total. The van der Waals surface area contributed by atoms with Crippen molar-refractivity contribution in [1.29, 1.82) is 0 Å². The maximum Gasteiger partial charge on any atom is 0.251 e. The van der Waals surface area contributed by atoms with Crippen molar-refractivity contribution >= 4 is 17.7 Å². The van der Waals surface area contributed by atoms with Crippen LogP contribution in [0, 0.1) is 13.8 Å². The first-order valence-corrected chi connectivity index (χ1v) is 7.81. The molecule has 104 valence electrons. The van der Waals surface area contributed by atoms with Crippen molar-refractivity contribution < 1.29 is 9.90 Å². The normalized spacial score (nSPS) is 18.1. The summed E-state index contributed by atoms with van der Waals surface area (Å²) >= 11 is 1.86. The third kappa shape index (κ3) is 3.74. The molecule has 0 radical (unpaired) electrons. The fraction of sp³-hybridized carbons (Fsp3) is 0.533. The monoisotopic (exact) mass is 279 g/mol. The number of nitrogens with one attached hydrogen (secondary N) is 1. The van der Waals surface area contributed by atoms with Crippen molar-refractivity contribution in [3.05, 3.63) is 34.9 Å². The molecule has 1 aliphatic rings. The van der Waals surface area contributed by atoms with Gasteiger partial charge in [-0.15, -0.1) is 0 Å². The van der Waals surface area contributed by atoms with Gasteiger partial charge in [-0.25, -0.2) is 0 Å². The first-order valence-electron chi connectivity index (χ1n) is 6.66. The van der Waals surface area contributed by atoms with Crippen LogP contribution in [-0.2, 0) is 0 Å². The van der Waals surface area contributed by atoms with Gasteiger partial charge in [0.05, 0.1) is 5.60 Å². The molecule has 0 saturated carbocycles. The van der Waals surface area contributed by atoms with E-state index >= 15 is 0 Å². The van der Waals surface area contributed by atoms with Crippen molar-refractivity contribution in [3.63, 3.8) is 0 Å². The van der Waals surface area contributed by atoms with Crippen LogP contribution < -0.4 is 5.32 Å². The lowest BCUT2D eigenvalue weighted by molar-refractivity contribution is 0.0311. The lowest BCUT2D eigenvalue weighted by Gasteiger charge is -2.31. The SMILES string of the molecule is Cc1ccc(C(=O)NCC2(O)CCSCC2)c(C)c1. The first-order chi connectivity index (χ1) is 9.00. The van der Waals surface area contributed by atoms with Crippen LogP contribution in [0.1, 0.15) is 34.3 Å². The van der Waals surface area contributed by atoms with Gasteiger partial charge in [-0.1, -0.05) is 17.7 Å². The minimum atomic E-state index is -0.723. The van der Waals surface area contributed by atoms with Crippen LogP contribution in [0.5, 0.6) is 0 Å². The number of hydrogen-bond donors (Lipinski definition) is 2. The topological polar surface area (TPSA) is 49.3 Å². The first kappa shape index (κ1) is 14.4. The molecule has 2 N–H and O–H groups in total. The number of thioether (sulfide) groups is 1. The summed E-state index contributed by atoms with van der Waals surface area (Å²) in [5, 5.41) is 13.2. The second kappa shape index (κ2) is 5.97. The summed E-state index contributed by atoms with van der Waals surface area (Å²) < 4.78 is 0. The van der Waals surface area contributed by atoms with Crippen molar-refractivity contribution in [1.82, 2.24) is 5.32 Å². The van der Waals surface area contributed by atoms with E-state index in [1.165, 1.54) is 0 Å². The molecule has 19 heavy (non-hydrogen) atoms. The average molecular weight is 279 g/mol. The number of amides is 1. The molecule has 1 aromatic carbocycles. The van der Waals surface area contributed by atoms with Crippen LogP contribution in [0.2, 0.25) is 0 Å². The molecular formula is C15H21NO2S. The number of carbonyl (C=O) groups is 1. The summed E-state index contributed by atoms with van der Waals surface area (Å²) in [6.07, 6.45) is 1.51. The molecule has 1 amide bonds. The van der Waals surface area contributed by atoms with Gasteiger partial charge in [0.25, 0.3) is 5.91 Å². The minimum Gasteiger partial charge on any atom is -0.388 e. The van der Waals surface area contributed by atoms with Gasteiger partial charge < -0.3 is 10.4 Å². The second-order valence-corrected chi connectivity index (χ2v) is 6.56. The Morgan fingerprint density at radius 2 is 2.05 bits per heavy atom. The van der Waals surface area contributed by atoms with Crippen LogP contribution in [0.25, 0.3) is 0 Å². The molecule has 0 aromatic heterocycles. The summed E-state index contributed by atoms with van der Waals surface area (Å²) in [4.78, 5) is 12.1. The average Bonchev–Trinajstić information content (AvgIpc) is 2.37. The van der Waals surface area contributed by atoms with Crippen LogP contribution in [0.4, 0.5) is 0 Å². The summed E-state index contributed by atoms with van der Waals surface area (Å²) in [6, 6.07) is 5.79. The van der Waals surface area contributed by atoms with Crippen LogP contribution >= 0.6 is 11.8 Å². The number of rotatable bonds is 3. The number of hydrogen-bond acceptors (Lipinski definition) is 3. The van der Waals surface area contributed by atoms with Crippen molar-refractivity contribution in [2.45, 2.75) is 32.3 Å². The summed E-state index contributed by atoms with van der Waals surface area (Å²) in [5.41, 5.74) is 2.10.